The number of amidine groups is 1. The first kappa shape index (κ1) is 15.9. The molecule has 2 aromatic rings. The third-order valence-electron chi connectivity index (χ3n) is 3.77. The number of carbonyl (C=O) groups is 1. The van der Waals surface area contributed by atoms with Gasteiger partial charge in [0, 0.05) is 18.1 Å². The number of benzene rings is 1. The first-order valence-electron chi connectivity index (χ1n) is 7.75. The lowest BCUT2D eigenvalue weighted by Crippen LogP contribution is -2.10. The van der Waals surface area contributed by atoms with E-state index in [0.29, 0.717) is 18.1 Å². The highest BCUT2D eigenvalue weighted by Gasteiger charge is 2.16. The molecular formula is C17H19N5O2. The van der Waals surface area contributed by atoms with Gasteiger partial charge in [-0.1, -0.05) is 12.1 Å². The SMILES string of the molecule is CC(=O)c1cnc(Nc2ccc(CCC3COC(N)=N3)cc2)nc1. The Morgan fingerprint density at radius 1 is 1.29 bits per heavy atom. The molecule has 7 nitrogen and oxygen atoms in total. The van der Waals surface area contributed by atoms with Gasteiger partial charge >= 0.3 is 0 Å². The number of aryl methyl sites for hydroxylation is 1. The van der Waals surface area contributed by atoms with Crippen molar-refractivity contribution in [2.45, 2.75) is 25.8 Å². The summed E-state index contributed by atoms with van der Waals surface area (Å²) in [7, 11) is 0. The van der Waals surface area contributed by atoms with Gasteiger partial charge in [-0.15, -0.1) is 0 Å². The molecule has 1 atom stereocenters. The molecule has 24 heavy (non-hydrogen) atoms. The number of nitrogens with one attached hydrogen (secondary N) is 1. The quantitative estimate of drug-likeness (QED) is 0.788. The highest BCUT2D eigenvalue weighted by molar-refractivity contribution is 5.93. The molecule has 3 N–H and O–H groups in total. The summed E-state index contributed by atoms with van der Waals surface area (Å²) in [6.07, 6.45) is 4.85. The Hall–Kier alpha value is -2.96. The van der Waals surface area contributed by atoms with Gasteiger partial charge in [0.1, 0.15) is 6.61 Å². The van der Waals surface area contributed by atoms with Crippen molar-refractivity contribution in [3.8, 4) is 0 Å². The van der Waals surface area contributed by atoms with Crippen LogP contribution in [0.1, 0.15) is 29.3 Å². The molecule has 0 amide bonds. The zero-order valence-corrected chi connectivity index (χ0v) is 13.4. The van der Waals surface area contributed by atoms with Crippen LogP contribution in [0.5, 0.6) is 0 Å². The van der Waals surface area contributed by atoms with Crippen LogP contribution in [0.15, 0.2) is 41.7 Å². The average molecular weight is 325 g/mol. The number of anilines is 2. The van der Waals surface area contributed by atoms with Crippen LogP contribution in [0.3, 0.4) is 0 Å². The normalized spacial score (nSPS) is 16.4. The summed E-state index contributed by atoms with van der Waals surface area (Å²) in [4.78, 5) is 23.7. The monoisotopic (exact) mass is 325 g/mol. The van der Waals surface area contributed by atoms with Crippen molar-refractivity contribution in [1.29, 1.82) is 0 Å². The summed E-state index contributed by atoms with van der Waals surface area (Å²) in [5.41, 5.74) is 8.10. The summed E-state index contributed by atoms with van der Waals surface area (Å²) < 4.78 is 5.15. The van der Waals surface area contributed by atoms with E-state index in [-0.39, 0.29) is 17.8 Å². The smallest absolute Gasteiger partial charge is 0.282 e. The maximum absolute atomic E-state index is 11.2. The summed E-state index contributed by atoms with van der Waals surface area (Å²) in [5.74, 6) is 0.408. The second-order valence-electron chi connectivity index (χ2n) is 5.64. The Balaban J connectivity index is 1.55. The van der Waals surface area contributed by atoms with Crippen LogP contribution < -0.4 is 11.1 Å². The Morgan fingerprint density at radius 3 is 2.58 bits per heavy atom. The van der Waals surface area contributed by atoms with Crippen LogP contribution in [0.4, 0.5) is 11.6 Å². The van der Waals surface area contributed by atoms with Crippen molar-refractivity contribution in [3.05, 3.63) is 47.8 Å². The zero-order valence-electron chi connectivity index (χ0n) is 13.4. The molecule has 1 aliphatic rings. The third-order valence-corrected chi connectivity index (χ3v) is 3.77. The van der Waals surface area contributed by atoms with Crippen LogP contribution in [0, 0.1) is 0 Å². The average Bonchev–Trinajstić information content (AvgIpc) is 3.00. The molecule has 1 aromatic carbocycles. The number of carbonyl (C=O) groups excluding carboxylic acids is 1. The molecule has 0 spiro atoms. The van der Waals surface area contributed by atoms with Crippen LogP contribution in [-0.2, 0) is 11.2 Å². The Morgan fingerprint density at radius 2 is 2.00 bits per heavy atom. The Labute approximate surface area is 140 Å². The molecule has 0 saturated carbocycles. The molecule has 0 radical (unpaired) electrons. The molecule has 0 bridgehead atoms. The summed E-state index contributed by atoms with van der Waals surface area (Å²) in [5, 5.41) is 3.11. The molecule has 0 aliphatic carbocycles. The molecule has 3 rings (SSSR count). The fraction of sp³-hybridized carbons (Fsp3) is 0.294. The van der Waals surface area contributed by atoms with E-state index in [1.54, 1.807) is 0 Å². The van der Waals surface area contributed by atoms with Gasteiger partial charge in [0.15, 0.2) is 5.78 Å². The third kappa shape index (κ3) is 4.07. The minimum absolute atomic E-state index is 0.0512. The van der Waals surface area contributed by atoms with Crippen LogP contribution in [0.2, 0.25) is 0 Å². The number of hydrogen-bond acceptors (Lipinski definition) is 7. The highest BCUT2D eigenvalue weighted by Crippen LogP contribution is 2.16. The first-order chi connectivity index (χ1) is 11.6. The number of rotatable bonds is 6. The fourth-order valence-corrected chi connectivity index (χ4v) is 2.38. The van der Waals surface area contributed by atoms with Crippen molar-refractivity contribution in [2.24, 2.45) is 10.7 Å². The molecule has 1 aliphatic heterocycles. The summed E-state index contributed by atoms with van der Waals surface area (Å²) in [6, 6.07) is 8.48. The van der Waals surface area contributed by atoms with Gasteiger partial charge in [0.05, 0.1) is 11.6 Å². The second-order valence-corrected chi connectivity index (χ2v) is 5.64. The number of aliphatic imine (C=N–C) groups is 1. The van der Waals surface area contributed by atoms with E-state index in [4.69, 9.17) is 10.5 Å². The van der Waals surface area contributed by atoms with Crippen molar-refractivity contribution < 1.29 is 9.53 Å². The van der Waals surface area contributed by atoms with Crippen molar-refractivity contribution >= 4 is 23.4 Å². The maximum Gasteiger partial charge on any atom is 0.282 e. The predicted octanol–water partition coefficient (Wildman–Crippen LogP) is 2.07. The van der Waals surface area contributed by atoms with E-state index >= 15 is 0 Å². The van der Waals surface area contributed by atoms with E-state index in [1.807, 2.05) is 12.1 Å². The lowest BCUT2D eigenvalue weighted by Gasteiger charge is -2.08. The first-order valence-corrected chi connectivity index (χ1v) is 7.75. The number of aromatic nitrogens is 2. The minimum Gasteiger partial charge on any atom is -0.463 e. The van der Waals surface area contributed by atoms with E-state index in [0.717, 1.165) is 18.5 Å². The van der Waals surface area contributed by atoms with Gasteiger partial charge in [0.2, 0.25) is 5.95 Å². The number of ether oxygens (including phenoxy) is 1. The zero-order chi connectivity index (χ0) is 16.9. The van der Waals surface area contributed by atoms with Gasteiger partial charge in [-0.3, -0.25) is 4.79 Å². The molecule has 7 heteroatoms. The van der Waals surface area contributed by atoms with Gasteiger partial charge in [0.25, 0.3) is 6.02 Å². The number of nitrogens with two attached hydrogens (primary N) is 1. The topological polar surface area (TPSA) is 102 Å². The van der Waals surface area contributed by atoms with Gasteiger partial charge in [-0.05, 0) is 37.5 Å². The van der Waals surface area contributed by atoms with Crippen LogP contribution in [-0.4, -0.2) is 34.4 Å². The standard InChI is InChI=1S/C17H19N5O2/c1-11(23)13-8-19-17(20-9-13)22-14-5-2-12(3-6-14)4-7-15-10-24-16(18)21-15/h2-3,5-6,8-9,15H,4,7,10H2,1H3,(H2,18,21)(H,19,20,22). The van der Waals surface area contributed by atoms with E-state index in [1.165, 1.54) is 24.9 Å². The van der Waals surface area contributed by atoms with E-state index < -0.39 is 0 Å². The molecule has 2 heterocycles. The highest BCUT2D eigenvalue weighted by atomic mass is 16.5. The second kappa shape index (κ2) is 7.08. The molecular weight excluding hydrogens is 306 g/mol. The Bertz CT molecular complexity index is 741. The number of ketones is 1. The maximum atomic E-state index is 11.2. The van der Waals surface area contributed by atoms with E-state index in [2.05, 4.69) is 32.4 Å². The molecule has 124 valence electrons. The van der Waals surface area contributed by atoms with Gasteiger partial charge in [-0.2, -0.15) is 0 Å². The van der Waals surface area contributed by atoms with Crippen molar-refractivity contribution in [3.63, 3.8) is 0 Å². The Kier molecular flexibility index (Phi) is 4.69. The fourth-order valence-electron chi connectivity index (χ4n) is 2.38. The largest absolute Gasteiger partial charge is 0.463 e. The summed E-state index contributed by atoms with van der Waals surface area (Å²) >= 11 is 0. The van der Waals surface area contributed by atoms with Crippen molar-refractivity contribution in [1.82, 2.24) is 9.97 Å². The van der Waals surface area contributed by atoms with Gasteiger partial charge in [-0.25, -0.2) is 15.0 Å². The molecule has 1 unspecified atom stereocenters. The predicted molar refractivity (Wildman–Crippen MR) is 91.4 cm³/mol. The molecule has 1 aromatic heterocycles. The molecule has 0 fully saturated rings. The minimum atomic E-state index is -0.0512. The molecule has 0 saturated heterocycles. The lowest BCUT2D eigenvalue weighted by atomic mass is 10.1. The number of Topliss-reactive ketones (excluding diaryl/α,β-unsaturated/α-hetero) is 1. The van der Waals surface area contributed by atoms with Crippen LogP contribution in [0.25, 0.3) is 0 Å². The number of nitrogens with zero attached hydrogens (tertiary/aromatic N) is 3. The van der Waals surface area contributed by atoms with Crippen molar-refractivity contribution in [2.75, 3.05) is 11.9 Å². The van der Waals surface area contributed by atoms with Gasteiger partial charge < -0.3 is 15.8 Å². The van der Waals surface area contributed by atoms with Crippen LogP contribution >= 0.6 is 0 Å². The lowest BCUT2D eigenvalue weighted by molar-refractivity contribution is 0.101. The summed E-state index contributed by atoms with van der Waals surface area (Å²) in [6.45, 7) is 2.06. The number of hydrogen-bond donors (Lipinski definition) is 2. The van der Waals surface area contributed by atoms with E-state index in [9.17, 15) is 4.79 Å².